The number of nitro groups is 1. The van der Waals surface area contributed by atoms with Crippen molar-refractivity contribution in [1.82, 2.24) is 0 Å². The van der Waals surface area contributed by atoms with Crippen molar-refractivity contribution in [1.29, 1.82) is 0 Å². The molecule has 0 fully saturated rings. The lowest BCUT2D eigenvalue weighted by Crippen LogP contribution is -2.21. The smallest absolute Gasteiger partial charge is 0.281 e. The Balaban J connectivity index is 3.35. The highest BCUT2D eigenvalue weighted by molar-refractivity contribution is 5.47. The first kappa shape index (κ1) is 12.5. The molecule has 4 nitrogen and oxygen atoms in total. The molecular weight excluding hydrogens is 218 g/mol. The third kappa shape index (κ3) is 2.33. The van der Waals surface area contributed by atoms with Crippen LogP contribution >= 0.6 is 0 Å². The van der Waals surface area contributed by atoms with Crippen LogP contribution in [0.1, 0.15) is 17.5 Å². The maximum atomic E-state index is 13.7. The lowest BCUT2D eigenvalue weighted by atomic mass is 9.98. The van der Waals surface area contributed by atoms with Gasteiger partial charge < -0.3 is 5.73 Å². The normalized spacial score (nSPS) is 11.5. The number of nitro benzene ring substituents is 1. The lowest BCUT2D eigenvalue weighted by Gasteiger charge is -2.17. The van der Waals surface area contributed by atoms with E-state index in [0.717, 1.165) is 6.07 Å². The van der Waals surface area contributed by atoms with Crippen LogP contribution in [0.5, 0.6) is 0 Å². The van der Waals surface area contributed by atoms with Crippen molar-refractivity contribution in [3.05, 3.63) is 39.4 Å². The molecule has 0 atom stereocenters. The molecule has 1 rings (SSSR count). The van der Waals surface area contributed by atoms with Crippen molar-refractivity contribution < 1.29 is 13.7 Å². The van der Waals surface area contributed by atoms with Crippen molar-refractivity contribution >= 4 is 5.69 Å². The number of hydrogen-bond acceptors (Lipinski definition) is 3. The van der Waals surface area contributed by atoms with Gasteiger partial charge in [-0.05, 0) is 19.0 Å². The van der Waals surface area contributed by atoms with Gasteiger partial charge in [0, 0.05) is 12.5 Å². The van der Waals surface area contributed by atoms with E-state index in [4.69, 9.17) is 5.73 Å². The van der Waals surface area contributed by atoms with Crippen LogP contribution in [0.25, 0.3) is 0 Å². The van der Waals surface area contributed by atoms with Crippen LogP contribution in [-0.4, -0.2) is 11.5 Å². The second-order valence-corrected chi connectivity index (χ2v) is 3.47. The van der Waals surface area contributed by atoms with Gasteiger partial charge in [0.1, 0.15) is 5.56 Å². The number of nitrogens with zero attached hydrogens (tertiary/aromatic N) is 1. The predicted octanol–water partition coefficient (Wildman–Crippen LogP) is 2.34. The van der Waals surface area contributed by atoms with Crippen LogP contribution in [0.3, 0.4) is 0 Å². The molecule has 0 saturated heterocycles. The molecular formula is C10H12F2N2O2. The quantitative estimate of drug-likeness (QED) is 0.637. The van der Waals surface area contributed by atoms with Crippen molar-refractivity contribution in [3.8, 4) is 0 Å². The van der Waals surface area contributed by atoms with Crippen LogP contribution in [0.15, 0.2) is 18.2 Å². The molecule has 0 amide bonds. The number of halogens is 2. The molecule has 0 aliphatic heterocycles. The van der Waals surface area contributed by atoms with E-state index in [9.17, 15) is 18.9 Å². The third-order valence-electron chi connectivity index (χ3n) is 2.27. The molecule has 0 aromatic heterocycles. The van der Waals surface area contributed by atoms with Gasteiger partial charge in [-0.3, -0.25) is 10.1 Å². The molecule has 0 aliphatic carbocycles. The van der Waals surface area contributed by atoms with Gasteiger partial charge in [-0.2, -0.15) is 0 Å². The molecule has 0 radical (unpaired) electrons. The number of alkyl halides is 2. The average molecular weight is 230 g/mol. The van der Waals surface area contributed by atoms with E-state index in [0.29, 0.717) is 0 Å². The molecule has 0 saturated carbocycles. The van der Waals surface area contributed by atoms with Crippen LogP contribution < -0.4 is 5.73 Å². The summed E-state index contributed by atoms with van der Waals surface area (Å²) < 4.78 is 27.3. The molecule has 0 bridgehead atoms. The molecule has 0 unspecified atom stereocenters. The number of hydrogen-bond donors (Lipinski definition) is 1. The summed E-state index contributed by atoms with van der Waals surface area (Å²) in [6.07, 6.45) is -0.599. The Kier molecular flexibility index (Phi) is 3.54. The molecule has 16 heavy (non-hydrogen) atoms. The van der Waals surface area contributed by atoms with E-state index in [1.54, 1.807) is 0 Å². The zero-order valence-corrected chi connectivity index (χ0v) is 8.74. The van der Waals surface area contributed by atoms with Gasteiger partial charge in [0.15, 0.2) is 0 Å². The van der Waals surface area contributed by atoms with Crippen LogP contribution in [-0.2, 0) is 5.92 Å². The van der Waals surface area contributed by atoms with Crippen LogP contribution in [0.2, 0.25) is 0 Å². The fourth-order valence-electron chi connectivity index (χ4n) is 1.59. The van der Waals surface area contributed by atoms with Gasteiger partial charge >= 0.3 is 0 Å². The Bertz CT molecular complexity index is 408. The van der Waals surface area contributed by atoms with Crippen molar-refractivity contribution in [2.45, 2.75) is 19.3 Å². The first-order chi connectivity index (χ1) is 7.40. The minimum absolute atomic E-state index is 0.202. The van der Waals surface area contributed by atoms with Gasteiger partial charge in [-0.25, -0.2) is 8.78 Å². The fraction of sp³-hybridized carbons (Fsp3) is 0.400. The number of rotatable bonds is 4. The van der Waals surface area contributed by atoms with E-state index >= 15 is 0 Å². The van der Waals surface area contributed by atoms with Gasteiger partial charge in [-0.15, -0.1) is 0 Å². The topological polar surface area (TPSA) is 69.2 Å². The minimum atomic E-state index is -3.26. The Labute approximate surface area is 91.2 Å². The molecule has 1 aromatic carbocycles. The zero-order valence-electron chi connectivity index (χ0n) is 8.74. The van der Waals surface area contributed by atoms with E-state index in [-0.39, 0.29) is 12.1 Å². The molecule has 0 spiro atoms. The Morgan fingerprint density at radius 3 is 2.62 bits per heavy atom. The van der Waals surface area contributed by atoms with Crippen LogP contribution in [0, 0.1) is 17.0 Å². The second kappa shape index (κ2) is 4.52. The minimum Gasteiger partial charge on any atom is -0.330 e. The maximum Gasteiger partial charge on any atom is 0.281 e. The van der Waals surface area contributed by atoms with Crippen molar-refractivity contribution in [3.63, 3.8) is 0 Å². The molecule has 0 aliphatic rings. The summed E-state index contributed by atoms with van der Waals surface area (Å²) >= 11 is 0. The molecule has 88 valence electrons. The van der Waals surface area contributed by atoms with Gasteiger partial charge in [0.25, 0.3) is 11.6 Å². The number of aryl methyl sites for hydroxylation is 1. The SMILES string of the molecule is Cc1cccc([N+](=O)[O-])c1C(F)(F)CCN. The summed E-state index contributed by atoms with van der Waals surface area (Å²) in [4.78, 5) is 9.87. The van der Waals surface area contributed by atoms with Gasteiger partial charge in [-0.1, -0.05) is 12.1 Å². The second-order valence-electron chi connectivity index (χ2n) is 3.47. The fourth-order valence-corrected chi connectivity index (χ4v) is 1.59. The molecule has 0 heterocycles. The number of benzene rings is 1. The first-order valence-electron chi connectivity index (χ1n) is 4.72. The first-order valence-corrected chi connectivity index (χ1v) is 4.72. The number of nitrogens with two attached hydrogens (primary N) is 1. The summed E-state index contributed by atoms with van der Waals surface area (Å²) in [6, 6.07) is 3.88. The highest BCUT2D eigenvalue weighted by Crippen LogP contribution is 2.39. The lowest BCUT2D eigenvalue weighted by molar-refractivity contribution is -0.387. The molecule has 1 aromatic rings. The predicted molar refractivity (Wildman–Crippen MR) is 55.4 cm³/mol. The third-order valence-corrected chi connectivity index (χ3v) is 2.27. The van der Waals surface area contributed by atoms with Crippen molar-refractivity contribution in [2.75, 3.05) is 6.54 Å². The summed E-state index contributed by atoms with van der Waals surface area (Å²) in [7, 11) is 0. The van der Waals surface area contributed by atoms with Crippen LogP contribution in [0.4, 0.5) is 14.5 Å². The van der Waals surface area contributed by atoms with E-state index in [1.165, 1.54) is 19.1 Å². The summed E-state index contributed by atoms with van der Waals surface area (Å²) in [5, 5.41) is 10.7. The summed E-state index contributed by atoms with van der Waals surface area (Å²) in [5.74, 6) is -3.26. The Hall–Kier alpha value is -1.56. The Morgan fingerprint density at radius 2 is 2.12 bits per heavy atom. The molecule has 2 N–H and O–H groups in total. The largest absolute Gasteiger partial charge is 0.330 e. The zero-order chi connectivity index (χ0) is 12.3. The highest BCUT2D eigenvalue weighted by Gasteiger charge is 2.38. The highest BCUT2D eigenvalue weighted by atomic mass is 19.3. The van der Waals surface area contributed by atoms with E-state index in [2.05, 4.69) is 0 Å². The Morgan fingerprint density at radius 1 is 1.50 bits per heavy atom. The van der Waals surface area contributed by atoms with Gasteiger partial charge in [0.2, 0.25) is 0 Å². The molecule has 6 heteroatoms. The summed E-state index contributed by atoms with van der Waals surface area (Å²) in [6.45, 7) is 1.20. The monoisotopic (exact) mass is 230 g/mol. The van der Waals surface area contributed by atoms with Gasteiger partial charge in [0.05, 0.1) is 4.92 Å². The van der Waals surface area contributed by atoms with E-state index < -0.39 is 28.5 Å². The maximum absolute atomic E-state index is 13.7. The summed E-state index contributed by atoms with van der Waals surface area (Å²) in [5.41, 5.74) is 4.19. The average Bonchev–Trinajstić information content (AvgIpc) is 2.16. The standard InChI is InChI=1S/C10H12F2N2O2/c1-7-3-2-4-8(14(15)16)9(7)10(11,12)5-6-13/h2-4H,5-6,13H2,1H3. The van der Waals surface area contributed by atoms with Crippen molar-refractivity contribution in [2.24, 2.45) is 5.73 Å². The van der Waals surface area contributed by atoms with E-state index in [1.807, 2.05) is 0 Å².